The van der Waals surface area contributed by atoms with E-state index < -0.39 is 5.82 Å². The molecule has 13 heavy (non-hydrogen) atoms. The molecular weight excluding hydrogens is 169 g/mol. The van der Waals surface area contributed by atoms with Gasteiger partial charge in [0.05, 0.1) is 0 Å². The summed E-state index contributed by atoms with van der Waals surface area (Å²) in [4.78, 5) is 2.03. The summed E-state index contributed by atoms with van der Waals surface area (Å²) >= 11 is 0. The number of hydrogen-bond acceptors (Lipinski definition) is 2. The van der Waals surface area contributed by atoms with Crippen molar-refractivity contribution in [2.45, 2.75) is 6.42 Å². The lowest BCUT2D eigenvalue weighted by Crippen LogP contribution is -2.15. The third-order valence-corrected chi connectivity index (χ3v) is 1.86. The van der Waals surface area contributed by atoms with E-state index in [9.17, 15) is 4.39 Å². The van der Waals surface area contributed by atoms with Gasteiger partial charge in [-0.2, -0.15) is 0 Å². The third-order valence-electron chi connectivity index (χ3n) is 1.86. The molecule has 0 aliphatic carbocycles. The van der Waals surface area contributed by atoms with E-state index in [4.69, 9.17) is 5.11 Å². The summed E-state index contributed by atoms with van der Waals surface area (Å²) in [6, 6.07) is 4.50. The van der Waals surface area contributed by atoms with Gasteiger partial charge in [-0.05, 0) is 38.2 Å². The molecule has 3 heteroatoms. The van der Waals surface area contributed by atoms with Gasteiger partial charge in [0.15, 0.2) is 11.6 Å². The van der Waals surface area contributed by atoms with Crippen LogP contribution in [0.3, 0.4) is 0 Å². The Hall–Kier alpha value is -1.09. The zero-order valence-electron chi connectivity index (χ0n) is 7.92. The zero-order valence-corrected chi connectivity index (χ0v) is 7.92. The van der Waals surface area contributed by atoms with E-state index in [0.29, 0.717) is 0 Å². The first-order chi connectivity index (χ1) is 6.09. The van der Waals surface area contributed by atoms with E-state index in [2.05, 4.69) is 0 Å². The first kappa shape index (κ1) is 9.99. The maximum Gasteiger partial charge on any atom is 0.165 e. The average molecular weight is 183 g/mol. The summed E-state index contributed by atoms with van der Waals surface area (Å²) in [6.07, 6.45) is 0.796. The van der Waals surface area contributed by atoms with Gasteiger partial charge < -0.3 is 10.0 Å². The van der Waals surface area contributed by atoms with Crippen LogP contribution < -0.4 is 0 Å². The largest absolute Gasteiger partial charge is 0.505 e. The predicted molar refractivity (Wildman–Crippen MR) is 50.3 cm³/mol. The lowest BCUT2D eigenvalue weighted by Gasteiger charge is -2.09. The second-order valence-corrected chi connectivity index (χ2v) is 3.34. The topological polar surface area (TPSA) is 23.5 Å². The lowest BCUT2D eigenvalue weighted by molar-refractivity contribution is 0.411. The molecule has 0 bridgehead atoms. The normalized spacial score (nSPS) is 10.8. The first-order valence-electron chi connectivity index (χ1n) is 4.21. The van der Waals surface area contributed by atoms with Crippen molar-refractivity contribution in [2.24, 2.45) is 0 Å². The number of phenols is 1. The molecule has 1 rings (SSSR count). The number of aromatic hydroxyl groups is 1. The van der Waals surface area contributed by atoms with Crippen molar-refractivity contribution in [3.63, 3.8) is 0 Å². The molecule has 0 aromatic heterocycles. The molecule has 0 saturated heterocycles. The van der Waals surface area contributed by atoms with Gasteiger partial charge in [0.1, 0.15) is 0 Å². The van der Waals surface area contributed by atoms with Gasteiger partial charge in [-0.3, -0.25) is 0 Å². The minimum Gasteiger partial charge on any atom is -0.505 e. The molecule has 0 amide bonds. The molecule has 0 spiro atoms. The summed E-state index contributed by atoms with van der Waals surface area (Å²) in [5.74, 6) is -0.829. The standard InChI is InChI=1S/C10H14FNO/c1-12(2)6-5-8-3-4-10(13)9(11)7-8/h3-4,7,13H,5-6H2,1-2H3. The highest BCUT2D eigenvalue weighted by atomic mass is 19.1. The van der Waals surface area contributed by atoms with E-state index in [1.54, 1.807) is 6.07 Å². The van der Waals surface area contributed by atoms with Crippen molar-refractivity contribution >= 4 is 0 Å². The second-order valence-electron chi connectivity index (χ2n) is 3.34. The number of rotatable bonds is 3. The summed E-state index contributed by atoms with van der Waals surface area (Å²) in [5.41, 5.74) is 0.906. The molecule has 0 heterocycles. The van der Waals surface area contributed by atoms with Crippen LogP contribution in [0.15, 0.2) is 18.2 Å². The molecule has 0 aliphatic heterocycles. The Morgan fingerprint density at radius 3 is 2.62 bits per heavy atom. The minimum atomic E-state index is -0.545. The minimum absolute atomic E-state index is 0.284. The highest BCUT2D eigenvalue weighted by molar-refractivity contribution is 5.28. The number of phenolic OH excluding ortho intramolecular Hbond substituents is 1. The number of benzene rings is 1. The second kappa shape index (κ2) is 4.23. The Bertz CT molecular complexity index is 286. The van der Waals surface area contributed by atoms with E-state index in [1.807, 2.05) is 19.0 Å². The molecule has 1 aromatic rings. The Kier molecular flexibility index (Phi) is 3.25. The molecule has 0 fully saturated rings. The Balaban J connectivity index is 2.63. The van der Waals surface area contributed by atoms with Crippen molar-refractivity contribution in [3.8, 4) is 5.75 Å². The zero-order chi connectivity index (χ0) is 9.84. The average Bonchev–Trinajstić information content (AvgIpc) is 2.07. The van der Waals surface area contributed by atoms with Gasteiger partial charge in [0.25, 0.3) is 0 Å². The third kappa shape index (κ3) is 3.03. The van der Waals surface area contributed by atoms with Crippen LogP contribution in [0.25, 0.3) is 0 Å². The van der Waals surface area contributed by atoms with Crippen molar-refractivity contribution in [1.82, 2.24) is 4.90 Å². The van der Waals surface area contributed by atoms with Gasteiger partial charge in [0.2, 0.25) is 0 Å². The van der Waals surface area contributed by atoms with Gasteiger partial charge in [0, 0.05) is 6.54 Å². The Labute approximate surface area is 77.6 Å². The van der Waals surface area contributed by atoms with Gasteiger partial charge in [-0.25, -0.2) is 4.39 Å². The van der Waals surface area contributed by atoms with Crippen molar-refractivity contribution in [3.05, 3.63) is 29.6 Å². The molecule has 0 saturated carbocycles. The molecule has 1 aromatic carbocycles. The molecule has 0 radical (unpaired) electrons. The Morgan fingerprint density at radius 1 is 1.38 bits per heavy atom. The number of halogens is 1. The van der Waals surface area contributed by atoms with Gasteiger partial charge >= 0.3 is 0 Å². The van der Waals surface area contributed by atoms with Crippen LogP contribution in [0.5, 0.6) is 5.75 Å². The Morgan fingerprint density at radius 2 is 2.08 bits per heavy atom. The lowest BCUT2D eigenvalue weighted by atomic mass is 10.1. The predicted octanol–water partition coefficient (Wildman–Crippen LogP) is 1.64. The van der Waals surface area contributed by atoms with E-state index in [1.165, 1.54) is 12.1 Å². The fourth-order valence-corrected chi connectivity index (χ4v) is 1.06. The van der Waals surface area contributed by atoms with Crippen LogP contribution in [0.4, 0.5) is 4.39 Å². The van der Waals surface area contributed by atoms with Crippen LogP contribution in [0.2, 0.25) is 0 Å². The van der Waals surface area contributed by atoms with Crippen LogP contribution in [-0.4, -0.2) is 30.6 Å². The molecule has 0 aliphatic rings. The monoisotopic (exact) mass is 183 g/mol. The van der Waals surface area contributed by atoms with Crippen molar-refractivity contribution < 1.29 is 9.50 Å². The smallest absolute Gasteiger partial charge is 0.165 e. The number of hydrogen-bond donors (Lipinski definition) is 1. The molecule has 0 atom stereocenters. The highest BCUT2D eigenvalue weighted by Gasteiger charge is 2.01. The van der Waals surface area contributed by atoms with Crippen LogP contribution >= 0.6 is 0 Å². The SMILES string of the molecule is CN(C)CCc1ccc(O)c(F)c1. The summed E-state index contributed by atoms with van der Waals surface area (Å²) in [6.45, 7) is 0.879. The molecule has 72 valence electrons. The van der Waals surface area contributed by atoms with Crippen LogP contribution in [0, 0.1) is 5.82 Å². The molecule has 1 N–H and O–H groups in total. The highest BCUT2D eigenvalue weighted by Crippen LogP contribution is 2.16. The maximum atomic E-state index is 12.8. The molecule has 2 nitrogen and oxygen atoms in total. The summed E-state index contributed by atoms with van der Waals surface area (Å²) < 4.78 is 12.8. The van der Waals surface area contributed by atoms with Gasteiger partial charge in [-0.15, -0.1) is 0 Å². The van der Waals surface area contributed by atoms with Gasteiger partial charge in [-0.1, -0.05) is 6.07 Å². The molecular formula is C10H14FNO. The first-order valence-corrected chi connectivity index (χ1v) is 4.21. The van der Waals surface area contributed by atoms with Crippen LogP contribution in [0.1, 0.15) is 5.56 Å². The number of nitrogens with zero attached hydrogens (tertiary/aromatic N) is 1. The number of likely N-dealkylation sites (N-methyl/N-ethyl adjacent to an activating group) is 1. The summed E-state index contributed by atoms with van der Waals surface area (Å²) in [7, 11) is 3.94. The van der Waals surface area contributed by atoms with Crippen molar-refractivity contribution in [1.29, 1.82) is 0 Å². The van der Waals surface area contributed by atoms with Crippen LogP contribution in [-0.2, 0) is 6.42 Å². The quantitative estimate of drug-likeness (QED) is 0.770. The molecule has 0 unspecified atom stereocenters. The summed E-state index contributed by atoms with van der Waals surface area (Å²) in [5, 5.41) is 8.94. The van der Waals surface area contributed by atoms with E-state index in [-0.39, 0.29) is 5.75 Å². The van der Waals surface area contributed by atoms with E-state index in [0.717, 1.165) is 18.5 Å². The fraction of sp³-hybridized carbons (Fsp3) is 0.400. The van der Waals surface area contributed by atoms with E-state index >= 15 is 0 Å². The maximum absolute atomic E-state index is 12.8. The van der Waals surface area contributed by atoms with Crippen molar-refractivity contribution in [2.75, 3.05) is 20.6 Å². The fourth-order valence-electron chi connectivity index (χ4n) is 1.06.